The molecular weight excluding hydrogens is 1100 g/mol. The molecule has 0 spiro atoms. The number of nitrogens with zero attached hydrogens (tertiary/aromatic N) is 5. The third kappa shape index (κ3) is 10.9. The van der Waals surface area contributed by atoms with E-state index in [1.54, 1.807) is 19.2 Å². The summed E-state index contributed by atoms with van der Waals surface area (Å²) in [6, 6.07) is 78.0. The molecule has 10 heteroatoms. The minimum atomic E-state index is -0.0538. The highest BCUT2D eigenvalue weighted by Gasteiger charge is 2.25. The van der Waals surface area contributed by atoms with Gasteiger partial charge in [0.15, 0.2) is 16.6 Å². The predicted octanol–water partition coefficient (Wildman–Crippen LogP) is 20.8. The van der Waals surface area contributed by atoms with Gasteiger partial charge in [-0.2, -0.15) is 0 Å². The van der Waals surface area contributed by atoms with Crippen molar-refractivity contribution in [2.24, 2.45) is 0 Å². The van der Waals surface area contributed by atoms with Crippen molar-refractivity contribution in [3.05, 3.63) is 263 Å². The summed E-state index contributed by atoms with van der Waals surface area (Å²) in [7, 11) is 1.68. The van der Waals surface area contributed by atoms with Crippen molar-refractivity contribution in [1.29, 1.82) is 0 Å². The summed E-state index contributed by atoms with van der Waals surface area (Å²) in [4.78, 5) is 31.6. The van der Waals surface area contributed by atoms with Gasteiger partial charge in [0.1, 0.15) is 34.1 Å². The fraction of sp³-hybridized carbons (Fsp3) is 0.165. The van der Waals surface area contributed by atoms with E-state index in [1.165, 1.54) is 33.6 Å². The van der Waals surface area contributed by atoms with E-state index in [9.17, 15) is 4.79 Å². The number of hydrogen-bond acceptors (Lipinski definition) is 7. The number of H-pyrrole nitrogens is 1. The Morgan fingerprint density at radius 3 is 1.39 bits per heavy atom. The van der Waals surface area contributed by atoms with E-state index in [0.717, 1.165) is 95.2 Å². The van der Waals surface area contributed by atoms with Crippen LogP contribution in [0.15, 0.2) is 244 Å². The Balaban J connectivity index is 0.000000150. The van der Waals surface area contributed by atoms with Crippen molar-refractivity contribution in [1.82, 2.24) is 29.1 Å². The van der Waals surface area contributed by atoms with E-state index < -0.39 is 0 Å². The second kappa shape index (κ2) is 24.3. The summed E-state index contributed by atoms with van der Waals surface area (Å²) in [6.45, 7) is 18.1. The maximum atomic E-state index is 12.7. The average molecular weight is 1170 g/mol. The highest BCUT2D eigenvalue weighted by Crippen LogP contribution is 2.42. The van der Waals surface area contributed by atoms with Crippen LogP contribution in [0.2, 0.25) is 0 Å². The zero-order chi connectivity index (χ0) is 61.4. The molecule has 0 saturated carbocycles. The van der Waals surface area contributed by atoms with Crippen LogP contribution < -0.4 is 10.2 Å². The zero-order valence-electron chi connectivity index (χ0n) is 51.6. The number of methoxy groups -OCH3 is 1. The second-order valence-corrected chi connectivity index (χ2v) is 23.8. The summed E-state index contributed by atoms with van der Waals surface area (Å²) in [6.07, 6.45) is 0. The number of fused-ring (bicyclic) bond motifs is 8. The maximum Gasteiger partial charge on any atom is 0.191 e. The summed E-state index contributed by atoms with van der Waals surface area (Å²) in [5.41, 5.74) is 21.9. The number of hydrogen-bond donors (Lipinski definition) is 1. The quantitative estimate of drug-likeness (QED) is 0.137. The van der Waals surface area contributed by atoms with Crippen molar-refractivity contribution in [3.63, 3.8) is 0 Å². The average Bonchev–Trinajstić information content (AvgIpc) is 1.76. The van der Waals surface area contributed by atoms with Crippen LogP contribution in [0.1, 0.15) is 101 Å². The first-order valence-corrected chi connectivity index (χ1v) is 30.7. The molecule has 1 N–H and O–H groups in total. The van der Waals surface area contributed by atoms with Gasteiger partial charge in [-0.1, -0.05) is 201 Å². The Morgan fingerprint density at radius 1 is 0.404 bits per heavy atom. The fourth-order valence-electron chi connectivity index (χ4n) is 12.3. The number of nitrogens with one attached hydrogen (secondary N) is 1. The molecule has 0 aliphatic carbocycles. The molecule has 0 saturated heterocycles. The van der Waals surface area contributed by atoms with E-state index in [0.29, 0.717) is 45.7 Å². The molecule has 0 amide bonds. The van der Waals surface area contributed by atoms with Crippen molar-refractivity contribution in [2.75, 3.05) is 7.11 Å². The van der Waals surface area contributed by atoms with Crippen molar-refractivity contribution < 1.29 is 13.6 Å². The number of ether oxygens (including phenoxy) is 1. The number of rotatable bonds is 11. The molecule has 15 aromatic rings. The summed E-state index contributed by atoms with van der Waals surface area (Å²) >= 11 is 0. The van der Waals surface area contributed by atoms with Gasteiger partial charge in [-0.05, 0) is 136 Å². The first-order valence-electron chi connectivity index (χ1n) is 30.7. The monoisotopic (exact) mass is 1170 g/mol. The van der Waals surface area contributed by atoms with Crippen LogP contribution >= 0.6 is 0 Å². The molecule has 440 valence electrons. The van der Waals surface area contributed by atoms with E-state index in [2.05, 4.69) is 197 Å². The SMILES string of the molecule is CC(C)c1cccc(C(C)C)c1-n1c(-c2cccc(-c3ccc4oc5cccc(=O)c5c4[nH]3)c2)nc2ccccc21.COc1cccc2oc3ccc(-c4cccc(-c5nc6ccccc6n5-c5c(C(C)C)cccc5C(C)C)c4)nc3c12.c1ccccc1. The Morgan fingerprint density at radius 2 is 0.854 bits per heavy atom. The van der Waals surface area contributed by atoms with E-state index in [1.807, 2.05) is 91.0 Å². The van der Waals surface area contributed by atoms with Crippen molar-refractivity contribution >= 4 is 66.2 Å². The lowest BCUT2D eigenvalue weighted by atomic mass is 9.92. The molecule has 89 heavy (non-hydrogen) atoms. The number of benzene rings is 9. The van der Waals surface area contributed by atoms with Crippen LogP contribution in [0.25, 0.3) is 123 Å². The minimum Gasteiger partial charge on any atom is -0.496 e. The molecule has 0 fully saturated rings. The lowest BCUT2D eigenvalue weighted by Gasteiger charge is -2.22. The molecule has 0 atom stereocenters. The molecule has 9 aromatic carbocycles. The third-order valence-corrected chi connectivity index (χ3v) is 16.7. The number of aromatic amines is 1. The van der Waals surface area contributed by atoms with Gasteiger partial charge in [-0.15, -0.1) is 0 Å². The highest BCUT2D eigenvalue weighted by atomic mass is 16.5. The third-order valence-electron chi connectivity index (χ3n) is 16.7. The highest BCUT2D eigenvalue weighted by molar-refractivity contribution is 6.07. The van der Waals surface area contributed by atoms with Gasteiger partial charge in [-0.3, -0.25) is 13.9 Å². The number of para-hydroxylation sites is 6. The van der Waals surface area contributed by atoms with Gasteiger partial charge >= 0.3 is 0 Å². The zero-order valence-corrected chi connectivity index (χ0v) is 51.6. The van der Waals surface area contributed by atoms with Crippen LogP contribution in [0, 0.1) is 0 Å². The predicted molar refractivity (Wildman–Crippen MR) is 366 cm³/mol. The van der Waals surface area contributed by atoms with Gasteiger partial charge < -0.3 is 18.6 Å². The van der Waals surface area contributed by atoms with E-state index in [4.69, 9.17) is 28.5 Å². The Bertz CT molecular complexity index is 5050. The van der Waals surface area contributed by atoms with Crippen molar-refractivity contribution in [3.8, 4) is 62.4 Å². The Kier molecular flexibility index (Phi) is 15.7. The van der Waals surface area contributed by atoms with Gasteiger partial charge in [0.05, 0.1) is 62.5 Å². The first-order chi connectivity index (χ1) is 43.3. The summed E-state index contributed by atoms with van der Waals surface area (Å²) in [5.74, 6) is 3.99. The fourth-order valence-corrected chi connectivity index (χ4v) is 12.3. The largest absolute Gasteiger partial charge is 0.496 e. The van der Waals surface area contributed by atoms with Crippen molar-refractivity contribution in [2.45, 2.75) is 79.1 Å². The minimum absolute atomic E-state index is 0.0538. The van der Waals surface area contributed by atoms with Gasteiger partial charge in [0.25, 0.3) is 0 Å². The van der Waals surface area contributed by atoms with Crippen LogP contribution in [-0.2, 0) is 0 Å². The molecule has 0 radical (unpaired) electrons. The second-order valence-electron chi connectivity index (χ2n) is 23.8. The molecule has 6 aromatic heterocycles. The van der Waals surface area contributed by atoms with Crippen LogP contribution in [-0.4, -0.2) is 36.2 Å². The number of imidazole rings is 2. The standard InChI is InChI=1S/C37H33N3O2.C36H31N3O2.C6H6/c1-22(2)26-13-9-14-27(23(3)4)36(26)40-30-16-7-6-15-29(30)39-37(40)25-12-8-11-24(21-25)28-19-20-33-35(38-28)34-31(41-5)17-10-18-32(34)42-33;1-21(2)25-12-8-13-26(22(3)4)35(25)39-29-15-6-5-14-28(29)38-36(39)24-11-7-10-23(20-24)27-18-19-32-34(37-27)33-30(40)16-9-17-31(33)41-32;1-2-4-6-5-3-1/h6-23H,1-5H3;5-22,37H,1-4H3;1-6H. The molecule has 6 heterocycles. The Hall–Kier alpha value is -10.6. The molecule has 0 aliphatic rings. The van der Waals surface area contributed by atoms with Crippen LogP contribution in [0.3, 0.4) is 0 Å². The summed E-state index contributed by atoms with van der Waals surface area (Å²) in [5, 5.41) is 1.47. The van der Waals surface area contributed by atoms with Gasteiger partial charge in [-0.25, -0.2) is 15.0 Å². The van der Waals surface area contributed by atoms with E-state index in [-0.39, 0.29) is 5.43 Å². The molecule has 10 nitrogen and oxygen atoms in total. The molecule has 15 rings (SSSR count). The maximum absolute atomic E-state index is 12.7. The number of pyridine rings is 2. The summed E-state index contributed by atoms with van der Waals surface area (Å²) < 4.78 is 22.4. The smallest absolute Gasteiger partial charge is 0.191 e. The van der Waals surface area contributed by atoms with Gasteiger partial charge in [0, 0.05) is 22.4 Å². The van der Waals surface area contributed by atoms with E-state index >= 15 is 0 Å². The molecule has 0 unspecified atom stereocenters. The van der Waals surface area contributed by atoms with Gasteiger partial charge in [0.2, 0.25) is 0 Å². The topological polar surface area (TPSA) is 117 Å². The lowest BCUT2D eigenvalue weighted by Crippen LogP contribution is -2.08. The Labute approximate surface area is 517 Å². The molecule has 0 aliphatic heterocycles. The van der Waals surface area contributed by atoms with Crippen LogP contribution in [0.5, 0.6) is 5.75 Å². The van der Waals surface area contributed by atoms with Crippen LogP contribution in [0.4, 0.5) is 0 Å². The molecular formula is C79H70N6O4. The molecule has 0 bridgehead atoms. The lowest BCUT2D eigenvalue weighted by molar-refractivity contribution is 0.420. The number of furan rings is 2. The number of aromatic nitrogens is 6. The normalized spacial score (nSPS) is 11.7. The first kappa shape index (κ1) is 57.5.